The number of esters is 1. The smallest absolute Gasteiger partial charge is 0.308 e. The van der Waals surface area contributed by atoms with Gasteiger partial charge in [0.05, 0.1) is 17.0 Å². The molecule has 0 bridgehead atoms. The topological polar surface area (TPSA) is 101 Å². The molecular weight excluding hydrogens is 504 g/mol. The molecule has 8 nitrogen and oxygen atoms in total. The van der Waals surface area contributed by atoms with E-state index in [0.717, 1.165) is 14.8 Å². The van der Waals surface area contributed by atoms with E-state index in [9.17, 15) is 22.8 Å². The number of hydrogen-bond donors (Lipinski definition) is 0. The second-order valence-corrected chi connectivity index (χ2v) is 10.7. The van der Waals surface area contributed by atoms with E-state index in [0.29, 0.717) is 10.6 Å². The number of imide groups is 1. The molecule has 1 saturated heterocycles. The Hall–Kier alpha value is -3.53. The molecule has 0 radical (unpaired) electrons. The molecule has 0 N–H and O–H groups in total. The molecule has 3 aromatic rings. The molecular formula is C26H23ClN2O6S. The van der Waals surface area contributed by atoms with Crippen molar-refractivity contribution < 1.29 is 27.5 Å². The fourth-order valence-electron chi connectivity index (χ4n) is 3.92. The molecule has 3 aromatic carbocycles. The van der Waals surface area contributed by atoms with Crippen LogP contribution in [0.4, 0.5) is 5.69 Å². The summed E-state index contributed by atoms with van der Waals surface area (Å²) < 4.78 is 33.5. The van der Waals surface area contributed by atoms with Crippen LogP contribution in [-0.4, -0.2) is 36.5 Å². The number of nitrogens with zero attached hydrogens (tertiary/aromatic N) is 2. The molecule has 1 atom stereocenters. The molecule has 1 heterocycles. The van der Waals surface area contributed by atoms with Crippen LogP contribution in [0.1, 0.15) is 24.5 Å². The predicted octanol–water partition coefficient (Wildman–Crippen LogP) is 4.10. The number of aryl methyl sites for hydroxylation is 1. The minimum absolute atomic E-state index is 0.0385. The van der Waals surface area contributed by atoms with Gasteiger partial charge in [0, 0.05) is 18.5 Å². The summed E-state index contributed by atoms with van der Waals surface area (Å²) in [5.41, 5.74) is 1.92. The monoisotopic (exact) mass is 526 g/mol. The van der Waals surface area contributed by atoms with E-state index in [1.807, 2.05) is 19.1 Å². The van der Waals surface area contributed by atoms with Crippen LogP contribution in [0.3, 0.4) is 0 Å². The van der Waals surface area contributed by atoms with Gasteiger partial charge in [-0.2, -0.15) is 4.31 Å². The van der Waals surface area contributed by atoms with Crippen LogP contribution < -0.4 is 9.64 Å². The number of carbonyl (C=O) groups is 3. The van der Waals surface area contributed by atoms with Gasteiger partial charge in [-0.3, -0.25) is 14.4 Å². The molecule has 0 spiro atoms. The molecule has 0 aromatic heterocycles. The van der Waals surface area contributed by atoms with E-state index in [2.05, 4.69) is 0 Å². The molecule has 1 aliphatic rings. The summed E-state index contributed by atoms with van der Waals surface area (Å²) in [4.78, 5) is 38.5. The SMILES string of the molecule is CC(=O)Oc1ccc(N2C(=O)CC(N(Cc3ccc(C)cc3)S(=O)(=O)c3ccc(Cl)cc3)C2=O)cc1. The summed E-state index contributed by atoms with van der Waals surface area (Å²) in [7, 11) is -4.17. The van der Waals surface area contributed by atoms with Crippen molar-refractivity contribution in [2.75, 3.05) is 4.90 Å². The number of anilines is 1. The first kappa shape index (κ1) is 25.6. The third-order valence-electron chi connectivity index (χ3n) is 5.71. The van der Waals surface area contributed by atoms with Gasteiger partial charge in [-0.15, -0.1) is 0 Å². The van der Waals surface area contributed by atoms with Gasteiger partial charge in [0.15, 0.2) is 0 Å². The zero-order valence-electron chi connectivity index (χ0n) is 19.5. The number of carbonyl (C=O) groups excluding carboxylic acids is 3. The molecule has 2 amide bonds. The lowest BCUT2D eigenvalue weighted by molar-refractivity contribution is -0.132. The standard InChI is InChI=1S/C26H23ClN2O6S/c1-17-3-5-19(6-4-17)16-28(36(33,34)23-13-7-20(27)8-14-23)24-15-25(31)29(26(24)32)21-9-11-22(12-10-21)35-18(2)30/h3-14,24H,15-16H2,1-2H3. The maximum absolute atomic E-state index is 13.7. The summed E-state index contributed by atoms with van der Waals surface area (Å²) in [5.74, 6) is -1.45. The number of rotatable bonds is 7. The third-order valence-corrected chi connectivity index (χ3v) is 7.83. The van der Waals surface area contributed by atoms with Gasteiger partial charge in [0.25, 0.3) is 5.91 Å². The Morgan fingerprint density at radius 1 is 1.00 bits per heavy atom. The van der Waals surface area contributed by atoms with E-state index < -0.39 is 33.8 Å². The maximum Gasteiger partial charge on any atom is 0.308 e. The highest BCUT2D eigenvalue weighted by Gasteiger charge is 2.47. The molecule has 0 aliphatic carbocycles. The first-order chi connectivity index (χ1) is 17.1. The number of halogens is 1. The van der Waals surface area contributed by atoms with Crippen molar-refractivity contribution in [2.24, 2.45) is 0 Å². The Bertz CT molecular complexity index is 1400. The van der Waals surface area contributed by atoms with E-state index in [-0.39, 0.29) is 29.3 Å². The second-order valence-electron chi connectivity index (χ2n) is 8.36. The van der Waals surface area contributed by atoms with Gasteiger partial charge >= 0.3 is 5.97 Å². The molecule has 10 heteroatoms. The van der Waals surface area contributed by atoms with Crippen molar-refractivity contribution in [1.29, 1.82) is 0 Å². The van der Waals surface area contributed by atoms with Crippen LogP contribution in [0.15, 0.2) is 77.7 Å². The molecule has 0 saturated carbocycles. The van der Waals surface area contributed by atoms with Gasteiger partial charge in [-0.1, -0.05) is 41.4 Å². The molecule has 36 heavy (non-hydrogen) atoms. The van der Waals surface area contributed by atoms with Crippen LogP contribution >= 0.6 is 11.6 Å². The summed E-state index contributed by atoms with van der Waals surface area (Å²) in [6.45, 7) is 3.07. The van der Waals surface area contributed by atoms with Crippen LogP contribution in [0, 0.1) is 6.92 Å². The predicted molar refractivity (Wildman–Crippen MR) is 134 cm³/mol. The van der Waals surface area contributed by atoms with Crippen molar-refractivity contribution in [3.63, 3.8) is 0 Å². The Morgan fingerprint density at radius 2 is 1.61 bits per heavy atom. The highest BCUT2D eigenvalue weighted by molar-refractivity contribution is 7.89. The Labute approximate surface area is 214 Å². The molecule has 1 unspecified atom stereocenters. The zero-order chi connectivity index (χ0) is 26.0. The number of amides is 2. The lowest BCUT2D eigenvalue weighted by Gasteiger charge is -2.27. The largest absolute Gasteiger partial charge is 0.427 e. The van der Waals surface area contributed by atoms with E-state index >= 15 is 0 Å². The third kappa shape index (κ3) is 5.33. The first-order valence-corrected chi connectivity index (χ1v) is 12.9. The van der Waals surface area contributed by atoms with E-state index in [4.69, 9.17) is 16.3 Å². The van der Waals surface area contributed by atoms with E-state index in [1.54, 1.807) is 12.1 Å². The molecule has 1 fully saturated rings. The van der Waals surface area contributed by atoms with Crippen molar-refractivity contribution in [3.05, 3.63) is 88.9 Å². The lowest BCUT2D eigenvalue weighted by Crippen LogP contribution is -2.45. The van der Waals surface area contributed by atoms with Gasteiger partial charge < -0.3 is 4.74 Å². The highest BCUT2D eigenvalue weighted by atomic mass is 35.5. The Morgan fingerprint density at radius 3 is 2.19 bits per heavy atom. The summed E-state index contributed by atoms with van der Waals surface area (Å²) in [5, 5.41) is 0.370. The summed E-state index contributed by atoms with van der Waals surface area (Å²) in [6, 6.07) is 17.5. The molecule has 1 aliphatic heterocycles. The lowest BCUT2D eigenvalue weighted by atomic mass is 10.1. The van der Waals surface area contributed by atoms with Crippen molar-refractivity contribution in [3.8, 4) is 5.75 Å². The quantitative estimate of drug-likeness (QED) is 0.261. The number of benzene rings is 3. The first-order valence-electron chi connectivity index (χ1n) is 11.0. The van der Waals surface area contributed by atoms with Crippen molar-refractivity contribution >= 4 is 45.1 Å². The minimum Gasteiger partial charge on any atom is -0.427 e. The summed E-state index contributed by atoms with van der Waals surface area (Å²) in [6.07, 6.45) is -0.316. The number of hydrogen-bond acceptors (Lipinski definition) is 6. The molecule has 4 rings (SSSR count). The zero-order valence-corrected chi connectivity index (χ0v) is 21.1. The Kier molecular flexibility index (Phi) is 7.26. The highest BCUT2D eigenvalue weighted by Crippen LogP contribution is 2.32. The van der Waals surface area contributed by atoms with Gasteiger partial charge in [0.1, 0.15) is 11.8 Å². The fourth-order valence-corrected chi connectivity index (χ4v) is 5.62. The fraction of sp³-hybridized carbons (Fsp3) is 0.192. The van der Waals surface area contributed by atoms with Crippen LogP contribution in [0.5, 0.6) is 5.75 Å². The molecule has 186 valence electrons. The Balaban J connectivity index is 1.70. The van der Waals surface area contributed by atoms with Crippen LogP contribution in [-0.2, 0) is 31.0 Å². The minimum atomic E-state index is -4.17. The van der Waals surface area contributed by atoms with Gasteiger partial charge in [-0.25, -0.2) is 13.3 Å². The number of sulfonamides is 1. The maximum atomic E-state index is 13.7. The van der Waals surface area contributed by atoms with Crippen molar-refractivity contribution in [1.82, 2.24) is 4.31 Å². The number of ether oxygens (including phenoxy) is 1. The van der Waals surface area contributed by atoms with Crippen molar-refractivity contribution in [2.45, 2.75) is 37.8 Å². The van der Waals surface area contributed by atoms with Gasteiger partial charge in [0.2, 0.25) is 15.9 Å². The average Bonchev–Trinajstić information content (AvgIpc) is 3.12. The van der Waals surface area contributed by atoms with Gasteiger partial charge in [-0.05, 0) is 61.0 Å². The summed E-state index contributed by atoms with van der Waals surface area (Å²) >= 11 is 5.94. The normalized spacial score (nSPS) is 16.0. The second kappa shape index (κ2) is 10.2. The average molecular weight is 527 g/mol. The van der Waals surface area contributed by atoms with Crippen LogP contribution in [0.2, 0.25) is 5.02 Å². The van der Waals surface area contributed by atoms with E-state index in [1.165, 1.54) is 55.5 Å². The van der Waals surface area contributed by atoms with Crippen LogP contribution in [0.25, 0.3) is 0 Å².